The normalized spacial score (nSPS) is 12.6. The van der Waals surface area contributed by atoms with Crippen LogP contribution in [0, 0.1) is 0 Å². The SMILES string of the molecule is COc1cc(C(N)c2cc3cccc(Br)c3o2)ccc1Cl. The average molecular weight is 367 g/mol. The van der Waals surface area contributed by atoms with Crippen LogP contribution in [-0.4, -0.2) is 7.11 Å². The van der Waals surface area contributed by atoms with E-state index in [-0.39, 0.29) is 6.04 Å². The van der Waals surface area contributed by atoms with E-state index in [0.29, 0.717) is 16.5 Å². The van der Waals surface area contributed by atoms with Crippen LogP contribution in [0.5, 0.6) is 5.75 Å². The standard InChI is InChI=1S/C16H13BrClNO2/c1-20-13-7-9(5-6-12(13)18)15(19)14-8-10-3-2-4-11(17)16(10)21-14/h2-8,15H,19H2,1H3. The molecule has 0 radical (unpaired) electrons. The van der Waals surface area contributed by atoms with Gasteiger partial charge in [0.15, 0.2) is 0 Å². The van der Waals surface area contributed by atoms with Crippen molar-refractivity contribution in [3.63, 3.8) is 0 Å². The monoisotopic (exact) mass is 365 g/mol. The van der Waals surface area contributed by atoms with Crippen LogP contribution in [0.15, 0.2) is 51.4 Å². The molecule has 3 aromatic rings. The van der Waals surface area contributed by atoms with E-state index >= 15 is 0 Å². The third kappa shape index (κ3) is 2.67. The maximum absolute atomic E-state index is 6.30. The van der Waals surface area contributed by atoms with Crippen LogP contribution in [0.4, 0.5) is 0 Å². The number of hydrogen-bond acceptors (Lipinski definition) is 3. The number of halogens is 2. The van der Waals surface area contributed by atoms with Gasteiger partial charge in [-0.1, -0.05) is 29.8 Å². The van der Waals surface area contributed by atoms with Gasteiger partial charge in [-0.05, 0) is 45.8 Å². The topological polar surface area (TPSA) is 48.4 Å². The highest BCUT2D eigenvalue weighted by atomic mass is 79.9. The van der Waals surface area contributed by atoms with Crippen molar-refractivity contribution in [3.8, 4) is 5.75 Å². The van der Waals surface area contributed by atoms with Crippen molar-refractivity contribution in [2.24, 2.45) is 5.73 Å². The third-order valence-corrected chi connectivity index (χ3v) is 4.29. The number of nitrogens with two attached hydrogens (primary N) is 1. The Kier molecular flexibility index (Phi) is 3.93. The van der Waals surface area contributed by atoms with Crippen molar-refractivity contribution in [3.05, 3.63) is 63.3 Å². The third-order valence-electron chi connectivity index (χ3n) is 3.36. The average Bonchev–Trinajstić information content (AvgIpc) is 2.92. The van der Waals surface area contributed by atoms with Gasteiger partial charge in [0, 0.05) is 5.39 Å². The number of methoxy groups -OCH3 is 1. The van der Waals surface area contributed by atoms with Crippen LogP contribution < -0.4 is 10.5 Å². The van der Waals surface area contributed by atoms with Gasteiger partial charge in [0.2, 0.25) is 0 Å². The van der Waals surface area contributed by atoms with E-state index in [0.717, 1.165) is 21.0 Å². The molecule has 1 aromatic heterocycles. The van der Waals surface area contributed by atoms with Gasteiger partial charge in [-0.25, -0.2) is 0 Å². The summed E-state index contributed by atoms with van der Waals surface area (Å²) in [7, 11) is 1.58. The lowest BCUT2D eigenvalue weighted by Gasteiger charge is -2.11. The molecule has 1 heterocycles. The lowest BCUT2D eigenvalue weighted by atomic mass is 10.0. The molecule has 3 rings (SSSR count). The Balaban J connectivity index is 2.03. The van der Waals surface area contributed by atoms with Crippen molar-refractivity contribution in [1.29, 1.82) is 0 Å². The zero-order chi connectivity index (χ0) is 15.0. The number of hydrogen-bond donors (Lipinski definition) is 1. The molecule has 3 nitrogen and oxygen atoms in total. The van der Waals surface area contributed by atoms with Crippen molar-refractivity contribution in [2.75, 3.05) is 7.11 Å². The predicted molar refractivity (Wildman–Crippen MR) is 87.9 cm³/mol. The molecule has 1 atom stereocenters. The number of para-hydroxylation sites is 1. The molecule has 0 saturated carbocycles. The van der Waals surface area contributed by atoms with E-state index in [9.17, 15) is 0 Å². The molecule has 2 aromatic carbocycles. The summed E-state index contributed by atoms with van der Waals surface area (Å²) in [6, 6.07) is 12.9. The number of rotatable bonds is 3. The van der Waals surface area contributed by atoms with Gasteiger partial charge in [0.25, 0.3) is 0 Å². The van der Waals surface area contributed by atoms with E-state index in [1.54, 1.807) is 13.2 Å². The van der Waals surface area contributed by atoms with Gasteiger partial charge < -0.3 is 14.9 Å². The van der Waals surface area contributed by atoms with Crippen molar-refractivity contribution < 1.29 is 9.15 Å². The van der Waals surface area contributed by atoms with Gasteiger partial charge in [-0.15, -0.1) is 0 Å². The van der Waals surface area contributed by atoms with Gasteiger partial charge in [0.1, 0.15) is 17.1 Å². The molecule has 0 aliphatic rings. The molecular weight excluding hydrogens is 354 g/mol. The first kappa shape index (κ1) is 14.4. The highest BCUT2D eigenvalue weighted by molar-refractivity contribution is 9.10. The molecule has 0 saturated heterocycles. The second kappa shape index (κ2) is 5.72. The first-order valence-corrected chi connectivity index (χ1v) is 7.54. The van der Waals surface area contributed by atoms with Crippen LogP contribution in [0.2, 0.25) is 5.02 Å². The maximum Gasteiger partial charge on any atom is 0.148 e. The first-order valence-electron chi connectivity index (χ1n) is 6.37. The summed E-state index contributed by atoms with van der Waals surface area (Å²) in [5.41, 5.74) is 7.97. The molecule has 5 heteroatoms. The number of ether oxygens (including phenoxy) is 1. The Morgan fingerprint density at radius 2 is 2.05 bits per heavy atom. The lowest BCUT2D eigenvalue weighted by Crippen LogP contribution is -2.10. The van der Waals surface area contributed by atoms with Crippen LogP contribution in [0.1, 0.15) is 17.4 Å². The van der Waals surface area contributed by atoms with Gasteiger partial charge in [-0.3, -0.25) is 0 Å². The highest BCUT2D eigenvalue weighted by Crippen LogP contribution is 2.33. The second-order valence-corrected chi connectivity index (χ2v) is 5.94. The Morgan fingerprint density at radius 1 is 1.24 bits per heavy atom. The van der Waals surface area contributed by atoms with E-state index in [2.05, 4.69) is 15.9 Å². The van der Waals surface area contributed by atoms with Crippen LogP contribution in [0.3, 0.4) is 0 Å². The Hall–Kier alpha value is -1.49. The van der Waals surface area contributed by atoms with Crippen LogP contribution in [0.25, 0.3) is 11.0 Å². The number of fused-ring (bicyclic) bond motifs is 1. The summed E-state index contributed by atoms with van der Waals surface area (Å²) in [6.07, 6.45) is 0. The van der Waals surface area contributed by atoms with Crippen molar-refractivity contribution >= 4 is 38.5 Å². The molecule has 0 fully saturated rings. The summed E-state index contributed by atoms with van der Waals surface area (Å²) in [5.74, 6) is 1.29. The number of furan rings is 1. The fraction of sp³-hybridized carbons (Fsp3) is 0.125. The lowest BCUT2D eigenvalue weighted by molar-refractivity contribution is 0.414. The van der Waals surface area contributed by atoms with Gasteiger partial charge in [0.05, 0.1) is 22.6 Å². The second-order valence-electron chi connectivity index (χ2n) is 4.68. The molecule has 108 valence electrons. The summed E-state index contributed by atoms with van der Waals surface area (Å²) in [4.78, 5) is 0. The Bertz CT molecular complexity index is 800. The molecule has 0 bridgehead atoms. The summed E-state index contributed by atoms with van der Waals surface area (Å²) >= 11 is 9.51. The van der Waals surface area contributed by atoms with Gasteiger partial charge >= 0.3 is 0 Å². The molecule has 21 heavy (non-hydrogen) atoms. The highest BCUT2D eigenvalue weighted by Gasteiger charge is 2.16. The molecule has 0 amide bonds. The molecule has 0 aliphatic carbocycles. The fourth-order valence-electron chi connectivity index (χ4n) is 2.23. The van der Waals surface area contributed by atoms with Crippen molar-refractivity contribution in [1.82, 2.24) is 0 Å². The van der Waals surface area contributed by atoms with E-state index in [4.69, 9.17) is 26.5 Å². The predicted octanol–water partition coefficient (Wildman–Crippen LogP) is 4.91. The van der Waals surface area contributed by atoms with E-state index in [1.165, 1.54) is 0 Å². The minimum Gasteiger partial charge on any atom is -0.495 e. The largest absolute Gasteiger partial charge is 0.495 e. The summed E-state index contributed by atoms with van der Waals surface area (Å²) in [5, 5.41) is 1.57. The molecule has 0 aliphatic heterocycles. The Labute approximate surface area is 135 Å². The van der Waals surface area contributed by atoms with Gasteiger partial charge in [-0.2, -0.15) is 0 Å². The maximum atomic E-state index is 6.30. The summed E-state index contributed by atoms with van der Waals surface area (Å²) < 4.78 is 12.0. The number of benzene rings is 2. The van der Waals surface area contributed by atoms with E-state index in [1.807, 2.05) is 36.4 Å². The molecule has 0 spiro atoms. The fourth-order valence-corrected chi connectivity index (χ4v) is 2.89. The zero-order valence-corrected chi connectivity index (χ0v) is 13.6. The summed E-state index contributed by atoms with van der Waals surface area (Å²) in [6.45, 7) is 0. The van der Waals surface area contributed by atoms with E-state index < -0.39 is 0 Å². The minimum atomic E-state index is -0.379. The smallest absolute Gasteiger partial charge is 0.148 e. The molecular formula is C16H13BrClNO2. The minimum absolute atomic E-state index is 0.379. The van der Waals surface area contributed by atoms with Crippen LogP contribution >= 0.6 is 27.5 Å². The quantitative estimate of drug-likeness (QED) is 0.717. The van der Waals surface area contributed by atoms with Crippen molar-refractivity contribution in [2.45, 2.75) is 6.04 Å². The zero-order valence-electron chi connectivity index (χ0n) is 11.3. The molecule has 1 unspecified atom stereocenters. The first-order chi connectivity index (χ1) is 10.1. The Morgan fingerprint density at radius 3 is 2.76 bits per heavy atom. The van der Waals surface area contributed by atoms with Crippen LogP contribution in [-0.2, 0) is 0 Å². The molecule has 2 N–H and O–H groups in total.